The molecule has 0 saturated carbocycles. The third-order valence-electron chi connectivity index (χ3n) is 2.01. The lowest BCUT2D eigenvalue weighted by molar-refractivity contribution is 0.309. The van der Waals surface area contributed by atoms with Crippen molar-refractivity contribution in [2.24, 2.45) is 0 Å². The van der Waals surface area contributed by atoms with Gasteiger partial charge in [0.15, 0.2) is 0 Å². The van der Waals surface area contributed by atoms with Crippen molar-refractivity contribution in [3.05, 3.63) is 51.2 Å². The van der Waals surface area contributed by atoms with Crippen molar-refractivity contribution in [2.75, 3.05) is 0 Å². The summed E-state index contributed by atoms with van der Waals surface area (Å²) in [6.07, 6.45) is 0. The molecule has 0 aliphatic carbocycles. The number of thiophene rings is 1. The summed E-state index contributed by atoms with van der Waals surface area (Å²) in [7, 11) is 0. The highest BCUT2D eigenvalue weighted by atomic mass is 35.5. The van der Waals surface area contributed by atoms with E-state index in [1.165, 1.54) is 0 Å². The van der Waals surface area contributed by atoms with Gasteiger partial charge in [0, 0.05) is 16.0 Å². The van der Waals surface area contributed by atoms with Crippen molar-refractivity contribution < 1.29 is 4.74 Å². The summed E-state index contributed by atoms with van der Waals surface area (Å²) in [6.45, 7) is 0.465. The molecule has 1 aromatic carbocycles. The summed E-state index contributed by atoms with van der Waals surface area (Å²) >= 11 is 7.47. The summed E-state index contributed by atoms with van der Waals surface area (Å²) in [6, 6.07) is 11.0. The number of hydrogen-bond donors (Lipinski definition) is 0. The Morgan fingerprint density at radius 2 is 2.25 bits per heavy atom. The highest BCUT2D eigenvalue weighted by molar-refractivity contribution is 7.09. The monoisotopic (exact) mass is 249 g/mol. The van der Waals surface area contributed by atoms with Crippen LogP contribution in [0.5, 0.6) is 5.75 Å². The molecule has 0 fully saturated rings. The molecule has 0 unspecified atom stereocenters. The zero-order chi connectivity index (χ0) is 11.4. The molecule has 1 aromatic heterocycles. The van der Waals surface area contributed by atoms with Crippen molar-refractivity contribution in [1.82, 2.24) is 0 Å². The molecule has 2 aromatic rings. The predicted octanol–water partition coefficient (Wildman–Crippen LogP) is 3.85. The fourth-order valence-corrected chi connectivity index (χ4v) is 2.03. The first-order valence-corrected chi connectivity index (χ1v) is 5.90. The van der Waals surface area contributed by atoms with E-state index in [1.54, 1.807) is 29.5 Å². The molecule has 2 nitrogen and oxygen atoms in total. The Morgan fingerprint density at radius 1 is 1.38 bits per heavy atom. The SMILES string of the molecule is N#Cc1ccc(Cl)cc1OCc1cccs1. The second-order valence-corrected chi connectivity index (χ2v) is 4.59. The maximum Gasteiger partial charge on any atom is 0.139 e. The first-order chi connectivity index (χ1) is 7.79. The lowest BCUT2D eigenvalue weighted by atomic mass is 10.2. The van der Waals surface area contributed by atoms with Gasteiger partial charge < -0.3 is 4.74 Å². The molecule has 4 heteroatoms. The number of nitrogens with zero attached hydrogens (tertiary/aromatic N) is 1. The Bertz CT molecular complexity index is 516. The zero-order valence-corrected chi connectivity index (χ0v) is 9.89. The van der Waals surface area contributed by atoms with Crippen LogP contribution in [-0.2, 0) is 6.61 Å². The summed E-state index contributed by atoms with van der Waals surface area (Å²) in [5.41, 5.74) is 0.501. The molecule has 0 spiro atoms. The van der Waals surface area contributed by atoms with Gasteiger partial charge in [-0.25, -0.2) is 0 Å². The summed E-state index contributed by atoms with van der Waals surface area (Å²) in [5.74, 6) is 0.531. The normalized spacial score (nSPS) is 9.75. The molecule has 2 rings (SSSR count). The van der Waals surface area contributed by atoms with Crippen LogP contribution in [0.1, 0.15) is 10.4 Å². The Hall–Kier alpha value is -1.50. The van der Waals surface area contributed by atoms with Gasteiger partial charge in [0.05, 0.1) is 5.56 Å². The zero-order valence-electron chi connectivity index (χ0n) is 8.31. The van der Waals surface area contributed by atoms with Gasteiger partial charge in [-0.3, -0.25) is 0 Å². The van der Waals surface area contributed by atoms with Crippen LogP contribution in [0.15, 0.2) is 35.7 Å². The molecule has 0 amide bonds. The highest BCUT2D eigenvalue weighted by Gasteiger charge is 2.04. The molecular weight excluding hydrogens is 242 g/mol. The van der Waals surface area contributed by atoms with Gasteiger partial charge in [-0.05, 0) is 23.6 Å². The number of halogens is 1. The molecule has 1 heterocycles. The minimum atomic E-state index is 0.465. The number of ether oxygens (including phenoxy) is 1. The molecule has 0 N–H and O–H groups in total. The number of nitriles is 1. The van der Waals surface area contributed by atoms with E-state index < -0.39 is 0 Å². The molecule has 0 saturated heterocycles. The van der Waals surface area contributed by atoms with Crippen molar-refractivity contribution >= 4 is 22.9 Å². The first kappa shape index (κ1) is 11.0. The van der Waals surface area contributed by atoms with E-state index in [0.29, 0.717) is 22.9 Å². The predicted molar refractivity (Wildman–Crippen MR) is 64.8 cm³/mol. The average Bonchev–Trinajstić information content (AvgIpc) is 2.79. The average molecular weight is 250 g/mol. The second kappa shape index (κ2) is 5.02. The molecule has 0 bridgehead atoms. The van der Waals surface area contributed by atoms with Gasteiger partial charge in [-0.2, -0.15) is 5.26 Å². The van der Waals surface area contributed by atoms with Gasteiger partial charge in [0.25, 0.3) is 0 Å². The van der Waals surface area contributed by atoms with Gasteiger partial charge in [0.1, 0.15) is 18.4 Å². The van der Waals surface area contributed by atoms with Crippen molar-refractivity contribution in [2.45, 2.75) is 6.61 Å². The Balaban J connectivity index is 2.15. The summed E-state index contributed by atoms with van der Waals surface area (Å²) in [4.78, 5) is 1.11. The van der Waals surface area contributed by atoms with E-state index >= 15 is 0 Å². The fourth-order valence-electron chi connectivity index (χ4n) is 1.25. The Labute approximate surface area is 103 Å². The topological polar surface area (TPSA) is 33.0 Å². The van der Waals surface area contributed by atoms with Crippen LogP contribution in [0, 0.1) is 11.3 Å². The van der Waals surface area contributed by atoms with E-state index in [9.17, 15) is 0 Å². The number of hydrogen-bond acceptors (Lipinski definition) is 3. The molecule has 0 aliphatic heterocycles. The lowest BCUT2D eigenvalue weighted by Crippen LogP contribution is -1.95. The minimum Gasteiger partial charge on any atom is -0.487 e. The third-order valence-corrected chi connectivity index (χ3v) is 3.10. The van der Waals surface area contributed by atoms with E-state index in [4.69, 9.17) is 21.6 Å². The molecule has 0 radical (unpaired) electrons. The Morgan fingerprint density at radius 3 is 2.94 bits per heavy atom. The van der Waals surface area contributed by atoms with Gasteiger partial charge in [0.2, 0.25) is 0 Å². The molecular formula is C12H8ClNOS. The summed E-state index contributed by atoms with van der Waals surface area (Å²) < 4.78 is 5.56. The molecule has 16 heavy (non-hydrogen) atoms. The summed E-state index contributed by atoms with van der Waals surface area (Å²) in [5, 5.41) is 11.5. The number of rotatable bonds is 3. The quantitative estimate of drug-likeness (QED) is 0.828. The van der Waals surface area contributed by atoms with Gasteiger partial charge in [-0.15, -0.1) is 11.3 Å². The highest BCUT2D eigenvalue weighted by Crippen LogP contribution is 2.24. The van der Waals surface area contributed by atoms with E-state index in [2.05, 4.69) is 6.07 Å². The number of benzene rings is 1. The van der Waals surface area contributed by atoms with Crippen LogP contribution in [-0.4, -0.2) is 0 Å². The van der Waals surface area contributed by atoms with Crippen molar-refractivity contribution in [3.63, 3.8) is 0 Å². The molecule has 0 aliphatic rings. The minimum absolute atomic E-state index is 0.465. The van der Waals surface area contributed by atoms with Crippen molar-refractivity contribution in [1.29, 1.82) is 5.26 Å². The largest absolute Gasteiger partial charge is 0.487 e. The first-order valence-electron chi connectivity index (χ1n) is 4.64. The maximum atomic E-state index is 8.90. The van der Waals surface area contributed by atoms with Crippen LogP contribution >= 0.6 is 22.9 Å². The Kier molecular flexibility index (Phi) is 3.45. The molecule has 0 atom stereocenters. The van der Waals surface area contributed by atoms with Crippen molar-refractivity contribution in [3.8, 4) is 11.8 Å². The van der Waals surface area contributed by atoms with E-state index in [1.807, 2.05) is 17.5 Å². The maximum absolute atomic E-state index is 8.90. The van der Waals surface area contributed by atoms with Crippen LogP contribution in [0.2, 0.25) is 5.02 Å². The fraction of sp³-hybridized carbons (Fsp3) is 0.0833. The van der Waals surface area contributed by atoms with E-state index in [-0.39, 0.29) is 0 Å². The standard InChI is InChI=1S/C12H8ClNOS/c13-10-4-3-9(7-14)12(6-10)15-8-11-2-1-5-16-11/h1-6H,8H2. The lowest BCUT2D eigenvalue weighted by Gasteiger charge is -2.06. The molecule has 80 valence electrons. The van der Waals surface area contributed by atoms with Crippen LogP contribution in [0.4, 0.5) is 0 Å². The second-order valence-electron chi connectivity index (χ2n) is 3.12. The third kappa shape index (κ3) is 2.54. The van der Waals surface area contributed by atoms with Gasteiger partial charge >= 0.3 is 0 Å². The smallest absolute Gasteiger partial charge is 0.139 e. The van der Waals surface area contributed by atoms with Crippen LogP contribution in [0.25, 0.3) is 0 Å². The van der Waals surface area contributed by atoms with E-state index in [0.717, 1.165) is 4.88 Å². The van der Waals surface area contributed by atoms with Crippen LogP contribution < -0.4 is 4.74 Å². The van der Waals surface area contributed by atoms with Crippen LogP contribution in [0.3, 0.4) is 0 Å². The van der Waals surface area contributed by atoms with Gasteiger partial charge in [-0.1, -0.05) is 17.7 Å².